The number of carbonyl (C=O) groups excluding carboxylic acids is 1. The highest BCUT2D eigenvalue weighted by molar-refractivity contribution is 5.83. The van der Waals surface area contributed by atoms with Gasteiger partial charge in [0, 0.05) is 76.2 Å². The number of benzene rings is 1. The molecule has 1 amide bonds. The van der Waals surface area contributed by atoms with Gasteiger partial charge in [0.1, 0.15) is 0 Å². The van der Waals surface area contributed by atoms with Gasteiger partial charge in [0.05, 0.1) is 6.61 Å². The van der Waals surface area contributed by atoms with Crippen LogP contribution in [0.1, 0.15) is 23.8 Å². The predicted octanol–water partition coefficient (Wildman–Crippen LogP) is 2.06. The number of nitrogens with one attached hydrogen (secondary N) is 1. The van der Waals surface area contributed by atoms with Crippen LogP contribution in [0.5, 0.6) is 0 Å². The number of carbonyl (C=O) groups is 1. The van der Waals surface area contributed by atoms with Gasteiger partial charge in [-0.3, -0.25) is 9.69 Å². The molecule has 0 bridgehead atoms. The summed E-state index contributed by atoms with van der Waals surface area (Å²) in [7, 11) is 1.71. The van der Waals surface area contributed by atoms with Crippen LogP contribution in [0.3, 0.4) is 0 Å². The number of aromatic amines is 1. The molecule has 8 heteroatoms. The molecule has 8 nitrogen and oxygen atoms in total. The van der Waals surface area contributed by atoms with E-state index in [1.807, 2.05) is 23.2 Å². The first-order chi connectivity index (χ1) is 14.7. The van der Waals surface area contributed by atoms with E-state index in [2.05, 4.69) is 32.2 Å². The lowest BCUT2D eigenvalue weighted by molar-refractivity contribution is -0.133. The van der Waals surface area contributed by atoms with Gasteiger partial charge in [-0.25, -0.2) is 0 Å². The summed E-state index contributed by atoms with van der Waals surface area (Å²) in [5, 5.41) is 9.51. The normalized spacial score (nSPS) is 15.2. The summed E-state index contributed by atoms with van der Waals surface area (Å²) in [6.45, 7) is 4.97. The van der Waals surface area contributed by atoms with E-state index in [1.54, 1.807) is 7.11 Å². The van der Waals surface area contributed by atoms with Crippen LogP contribution in [0, 0.1) is 0 Å². The first kappa shape index (κ1) is 20.6. The molecule has 1 saturated heterocycles. The van der Waals surface area contributed by atoms with Crippen molar-refractivity contribution in [3.8, 4) is 0 Å². The molecule has 3 heterocycles. The van der Waals surface area contributed by atoms with Crippen molar-refractivity contribution in [2.75, 3.05) is 46.4 Å². The number of nitrogens with zero attached hydrogens (tertiary/aromatic N) is 4. The van der Waals surface area contributed by atoms with E-state index in [4.69, 9.17) is 9.15 Å². The van der Waals surface area contributed by atoms with Gasteiger partial charge in [0.15, 0.2) is 0 Å². The maximum absolute atomic E-state index is 12.5. The standard InChI is InChI=1S/C22H29N5O3/c1-29-15-14-26-10-12-27(13-11-26)22(28)9-8-21-25-24-20(30-21)7-6-17-16-23-19-5-3-2-4-18(17)19/h2-5,16,23H,6-15H2,1H3. The van der Waals surface area contributed by atoms with Gasteiger partial charge in [0.2, 0.25) is 17.7 Å². The lowest BCUT2D eigenvalue weighted by Crippen LogP contribution is -2.49. The molecule has 3 aromatic rings. The van der Waals surface area contributed by atoms with Crippen LogP contribution in [0.4, 0.5) is 0 Å². The first-order valence-corrected chi connectivity index (χ1v) is 10.6. The van der Waals surface area contributed by atoms with Gasteiger partial charge in [-0.1, -0.05) is 18.2 Å². The number of hydrogen-bond acceptors (Lipinski definition) is 6. The Morgan fingerprint density at radius 2 is 1.87 bits per heavy atom. The molecule has 160 valence electrons. The average Bonchev–Trinajstić information content (AvgIpc) is 3.41. The van der Waals surface area contributed by atoms with Crippen LogP contribution < -0.4 is 0 Å². The Morgan fingerprint density at radius 3 is 2.67 bits per heavy atom. The van der Waals surface area contributed by atoms with Crippen LogP contribution in [-0.4, -0.2) is 77.3 Å². The monoisotopic (exact) mass is 411 g/mol. The van der Waals surface area contributed by atoms with Gasteiger partial charge < -0.3 is 19.0 Å². The molecule has 0 radical (unpaired) electrons. The molecule has 0 saturated carbocycles. The van der Waals surface area contributed by atoms with E-state index >= 15 is 0 Å². The SMILES string of the molecule is COCCN1CCN(C(=O)CCc2nnc(CCc3c[nH]c4ccccc34)o2)CC1. The lowest BCUT2D eigenvalue weighted by Gasteiger charge is -2.34. The van der Waals surface area contributed by atoms with E-state index in [1.165, 1.54) is 10.9 Å². The summed E-state index contributed by atoms with van der Waals surface area (Å²) in [6.07, 6.45) is 4.45. The van der Waals surface area contributed by atoms with Crippen LogP contribution in [0.2, 0.25) is 0 Å². The number of ether oxygens (including phenoxy) is 1. The van der Waals surface area contributed by atoms with Crippen molar-refractivity contribution < 1.29 is 13.9 Å². The van der Waals surface area contributed by atoms with Gasteiger partial charge >= 0.3 is 0 Å². The summed E-state index contributed by atoms with van der Waals surface area (Å²) in [5.74, 6) is 1.31. The number of rotatable bonds is 9. The number of fused-ring (bicyclic) bond motifs is 1. The molecular formula is C22H29N5O3. The van der Waals surface area contributed by atoms with Crippen molar-refractivity contribution in [1.82, 2.24) is 25.0 Å². The largest absolute Gasteiger partial charge is 0.425 e. The summed E-state index contributed by atoms with van der Waals surface area (Å²) >= 11 is 0. The summed E-state index contributed by atoms with van der Waals surface area (Å²) in [6, 6.07) is 8.25. The van der Waals surface area contributed by atoms with Gasteiger partial charge in [-0.15, -0.1) is 10.2 Å². The molecular weight excluding hydrogens is 382 g/mol. The van der Waals surface area contributed by atoms with Gasteiger partial charge in [0.25, 0.3) is 0 Å². The molecule has 0 aliphatic carbocycles. The highest BCUT2D eigenvalue weighted by Gasteiger charge is 2.21. The molecule has 1 aliphatic rings. The number of para-hydroxylation sites is 1. The molecule has 2 aromatic heterocycles. The Kier molecular flexibility index (Phi) is 6.76. The Bertz CT molecular complexity index is 959. The molecule has 1 fully saturated rings. The number of aromatic nitrogens is 3. The number of amides is 1. The number of aryl methyl sites for hydroxylation is 3. The second kappa shape index (κ2) is 9.86. The highest BCUT2D eigenvalue weighted by Crippen LogP contribution is 2.19. The summed E-state index contributed by atoms with van der Waals surface area (Å²) < 4.78 is 10.9. The van der Waals surface area contributed by atoms with Crippen molar-refractivity contribution in [2.24, 2.45) is 0 Å². The number of H-pyrrole nitrogens is 1. The second-order valence-electron chi connectivity index (χ2n) is 7.66. The predicted molar refractivity (Wildman–Crippen MR) is 113 cm³/mol. The maximum atomic E-state index is 12.5. The molecule has 0 unspecified atom stereocenters. The van der Waals surface area contributed by atoms with Crippen LogP contribution in [0.15, 0.2) is 34.9 Å². The van der Waals surface area contributed by atoms with Crippen molar-refractivity contribution >= 4 is 16.8 Å². The van der Waals surface area contributed by atoms with E-state index in [-0.39, 0.29) is 5.91 Å². The van der Waals surface area contributed by atoms with E-state index in [9.17, 15) is 4.79 Å². The molecule has 1 aromatic carbocycles. The number of methoxy groups -OCH3 is 1. The van der Waals surface area contributed by atoms with E-state index in [0.29, 0.717) is 31.0 Å². The van der Waals surface area contributed by atoms with Crippen LogP contribution in [-0.2, 0) is 28.8 Å². The lowest BCUT2D eigenvalue weighted by atomic mass is 10.1. The Balaban J connectivity index is 1.21. The first-order valence-electron chi connectivity index (χ1n) is 10.6. The number of hydrogen-bond donors (Lipinski definition) is 1. The summed E-state index contributed by atoms with van der Waals surface area (Å²) in [5.41, 5.74) is 2.38. The van der Waals surface area contributed by atoms with Crippen molar-refractivity contribution in [2.45, 2.75) is 25.7 Å². The topological polar surface area (TPSA) is 87.5 Å². The zero-order valence-electron chi connectivity index (χ0n) is 17.5. The fourth-order valence-corrected chi connectivity index (χ4v) is 3.88. The number of piperazine rings is 1. The minimum absolute atomic E-state index is 0.153. The van der Waals surface area contributed by atoms with Crippen LogP contribution in [0.25, 0.3) is 10.9 Å². The van der Waals surface area contributed by atoms with Gasteiger partial charge in [-0.05, 0) is 18.1 Å². The third-order valence-corrected chi connectivity index (χ3v) is 5.68. The molecule has 1 aliphatic heterocycles. The molecule has 1 N–H and O–H groups in total. The quantitative estimate of drug-likeness (QED) is 0.580. The minimum Gasteiger partial charge on any atom is -0.425 e. The zero-order valence-corrected chi connectivity index (χ0v) is 17.5. The zero-order chi connectivity index (χ0) is 20.8. The van der Waals surface area contributed by atoms with Gasteiger partial charge in [-0.2, -0.15) is 0 Å². The summed E-state index contributed by atoms with van der Waals surface area (Å²) in [4.78, 5) is 20.0. The smallest absolute Gasteiger partial charge is 0.223 e. The maximum Gasteiger partial charge on any atom is 0.223 e. The Hall–Kier alpha value is -2.71. The second-order valence-corrected chi connectivity index (χ2v) is 7.66. The van der Waals surface area contributed by atoms with Crippen molar-refractivity contribution in [3.63, 3.8) is 0 Å². The molecule has 30 heavy (non-hydrogen) atoms. The Morgan fingerprint density at radius 1 is 1.10 bits per heavy atom. The highest BCUT2D eigenvalue weighted by atomic mass is 16.5. The van der Waals surface area contributed by atoms with E-state index in [0.717, 1.165) is 51.3 Å². The molecule has 0 atom stereocenters. The Labute approximate surface area is 176 Å². The third kappa shape index (κ3) is 5.06. The fourth-order valence-electron chi connectivity index (χ4n) is 3.88. The average molecular weight is 412 g/mol. The third-order valence-electron chi connectivity index (χ3n) is 5.68. The fraction of sp³-hybridized carbons (Fsp3) is 0.500. The van der Waals surface area contributed by atoms with Crippen molar-refractivity contribution in [1.29, 1.82) is 0 Å². The molecule has 4 rings (SSSR count). The molecule has 0 spiro atoms. The van der Waals surface area contributed by atoms with Crippen LogP contribution >= 0.6 is 0 Å². The minimum atomic E-state index is 0.153. The van der Waals surface area contributed by atoms with E-state index < -0.39 is 0 Å². The van der Waals surface area contributed by atoms with Crippen molar-refractivity contribution in [3.05, 3.63) is 47.8 Å².